The van der Waals surface area contributed by atoms with Crippen molar-refractivity contribution in [3.8, 4) is 5.75 Å². The van der Waals surface area contributed by atoms with E-state index in [1.807, 2.05) is 6.07 Å². The highest BCUT2D eigenvalue weighted by Crippen LogP contribution is 2.30. The number of hydrogen-bond donors (Lipinski definition) is 3. The van der Waals surface area contributed by atoms with Crippen molar-refractivity contribution in [1.82, 2.24) is 16.2 Å². The molecule has 0 spiro atoms. The quantitative estimate of drug-likeness (QED) is 0.477. The Hall–Kier alpha value is -2.45. The van der Waals surface area contributed by atoms with Crippen LogP contribution >= 0.6 is 28.1 Å². The van der Waals surface area contributed by atoms with Gasteiger partial charge in [-0.05, 0) is 59.6 Å². The van der Waals surface area contributed by atoms with Crippen molar-refractivity contribution in [2.75, 3.05) is 7.11 Å². The fourth-order valence-corrected chi connectivity index (χ4v) is 3.52. The maximum Gasteiger partial charge on any atom is 0.269 e. The number of rotatable bonds is 3. The summed E-state index contributed by atoms with van der Waals surface area (Å²) in [6, 6.07) is 12.0. The first-order chi connectivity index (χ1) is 13.1. The van der Waals surface area contributed by atoms with Crippen LogP contribution < -0.4 is 20.9 Å². The Morgan fingerprint density at radius 3 is 2.11 bits per heavy atom. The minimum Gasteiger partial charge on any atom is -0.497 e. The average Bonchev–Trinajstić information content (AvgIpc) is 2.65. The molecule has 2 rings (SSSR count). The van der Waals surface area contributed by atoms with Crippen molar-refractivity contribution in [1.29, 1.82) is 0 Å². The molecule has 0 saturated carbocycles. The third-order valence-electron chi connectivity index (χ3n) is 3.91. The molecule has 2 aromatic rings. The first kappa shape index (κ1) is 21.8. The van der Waals surface area contributed by atoms with Gasteiger partial charge in [0, 0.05) is 15.6 Å². The fourth-order valence-electron chi connectivity index (χ4n) is 2.40. The predicted molar refractivity (Wildman–Crippen MR) is 117 cm³/mol. The molecule has 0 fully saturated rings. The lowest BCUT2D eigenvalue weighted by Crippen LogP contribution is -2.48. The Balaban J connectivity index is 1.92. The third-order valence-corrected chi connectivity index (χ3v) is 4.77. The number of hydrazine groups is 1. The topological polar surface area (TPSA) is 79.5 Å². The Morgan fingerprint density at radius 2 is 1.57 bits per heavy atom. The molecule has 28 heavy (non-hydrogen) atoms. The second-order valence-electron chi connectivity index (χ2n) is 7.04. The van der Waals surface area contributed by atoms with Crippen molar-refractivity contribution in [3.05, 3.63) is 63.6 Å². The molecule has 0 saturated heterocycles. The summed E-state index contributed by atoms with van der Waals surface area (Å²) in [5, 5.41) is 2.52. The van der Waals surface area contributed by atoms with E-state index >= 15 is 0 Å². The molecule has 148 valence electrons. The molecular formula is C20H22BrN3O3S. The van der Waals surface area contributed by atoms with E-state index in [9.17, 15) is 9.59 Å². The lowest BCUT2D eigenvalue weighted by Gasteiger charge is -2.21. The SMILES string of the molecule is COc1ccc(C(=O)NNC(=S)NC(=O)c2ccc(C(C)(C)C)c(Br)c2)cc1. The Kier molecular flexibility index (Phi) is 7.15. The van der Waals surface area contributed by atoms with Gasteiger partial charge in [0.1, 0.15) is 5.75 Å². The van der Waals surface area contributed by atoms with E-state index in [2.05, 4.69) is 52.9 Å². The highest BCUT2D eigenvalue weighted by Gasteiger charge is 2.18. The Labute approximate surface area is 178 Å². The number of thiocarbonyl (C=S) groups is 1. The number of methoxy groups -OCH3 is 1. The normalized spacial score (nSPS) is 10.8. The number of hydrogen-bond acceptors (Lipinski definition) is 4. The molecule has 0 atom stereocenters. The predicted octanol–water partition coefficient (Wildman–Crippen LogP) is 3.70. The first-order valence-electron chi connectivity index (χ1n) is 8.47. The van der Waals surface area contributed by atoms with Crippen molar-refractivity contribution in [3.63, 3.8) is 0 Å². The summed E-state index contributed by atoms with van der Waals surface area (Å²) < 4.78 is 5.89. The van der Waals surface area contributed by atoms with Crippen LogP contribution in [0.15, 0.2) is 46.9 Å². The van der Waals surface area contributed by atoms with Gasteiger partial charge in [-0.15, -0.1) is 0 Å². The summed E-state index contributed by atoms with van der Waals surface area (Å²) in [7, 11) is 1.55. The van der Waals surface area contributed by atoms with E-state index in [1.165, 1.54) is 0 Å². The van der Waals surface area contributed by atoms with E-state index in [0.29, 0.717) is 16.9 Å². The molecule has 0 heterocycles. The number of nitrogens with one attached hydrogen (secondary N) is 3. The first-order valence-corrected chi connectivity index (χ1v) is 9.67. The maximum absolute atomic E-state index is 12.4. The summed E-state index contributed by atoms with van der Waals surface area (Å²) in [6.45, 7) is 6.28. The smallest absolute Gasteiger partial charge is 0.269 e. The molecule has 0 aliphatic heterocycles. The molecule has 0 bridgehead atoms. The molecule has 6 nitrogen and oxygen atoms in total. The van der Waals surface area contributed by atoms with Gasteiger partial charge in [0.05, 0.1) is 7.11 Å². The van der Waals surface area contributed by atoms with Gasteiger partial charge in [-0.3, -0.25) is 25.8 Å². The summed E-state index contributed by atoms with van der Waals surface area (Å²) in [4.78, 5) is 24.5. The van der Waals surface area contributed by atoms with E-state index in [4.69, 9.17) is 17.0 Å². The minimum absolute atomic E-state index is 0.0112. The molecule has 0 radical (unpaired) electrons. The number of ether oxygens (including phenoxy) is 1. The number of halogens is 1. The lowest BCUT2D eigenvalue weighted by atomic mass is 9.86. The molecule has 0 aromatic heterocycles. The molecule has 8 heteroatoms. The molecular weight excluding hydrogens is 442 g/mol. The van der Waals surface area contributed by atoms with Crippen LogP contribution in [-0.4, -0.2) is 24.0 Å². The second kappa shape index (κ2) is 9.16. The molecule has 2 amide bonds. The molecule has 3 N–H and O–H groups in total. The monoisotopic (exact) mass is 463 g/mol. The van der Waals surface area contributed by atoms with E-state index in [0.717, 1.165) is 10.0 Å². The lowest BCUT2D eigenvalue weighted by molar-refractivity contribution is 0.0934. The van der Waals surface area contributed by atoms with Crippen molar-refractivity contribution in [2.45, 2.75) is 26.2 Å². The van der Waals surface area contributed by atoms with Gasteiger partial charge in [-0.1, -0.05) is 42.8 Å². The fraction of sp³-hybridized carbons (Fsp3) is 0.250. The second-order valence-corrected chi connectivity index (χ2v) is 8.30. The average molecular weight is 464 g/mol. The summed E-state index contributed by atoms with van der Waals surface area (Å²) in [5.41, 5.74) is 6.87. The zero-order valence-electron chi connectivity index (χ0n) is 16.1. The number of carbonyl (C=O) groups is 2. The van der Waals surface area contributed by atoms with Crippen LogP contribution in [0.1, 0.15) is 47.1 Å². The van der Waals surface area contributed by atoms with Crippen LogP contribution in [-0.2, 0) is 5.41 Å². The van der Waals surface area contributed by atoms with E-state index < -0.39 is 5.91 Å². The van der Waals surface area contributed by atoms with Crippen LogP contribution in [0.25, 0.3) is 0 Å². The largest absolute Gasteiger partial charge is 0.497 e. The van der Waals surface area contributed by atoms with Crippen LogP contribution in [0.5, 0.6) is 5.75 Å². The zero-order chi connectivity index (χ0) is 20.9. The van der Waals surface area contributed by atoms with E-state index in [1.54, 1.807) is 43.5 Å². The van der Waals surface area contributed by atoms with Gasteiger partial charge in [0.25, 0.3) is 11.8 Å². The maximum atomic E-state index is 12.4. The van der Waals surface area contributed by atoms with Gasteiger partial charge in [0.15, 0.2) is 5.11 Å². The zero-order valence-corrected chi connectivity index (χ0v) is 18.5. The number of benzene rings is 2. The third kappa shape index (κ3) is 5.77. The van der Waals surface area contributed by atoms with Crippen molar-refractivity contribution in [2.24, 2.45) is 0 Å². The van der Waals surface area contributed by atoms with Gasteiger partial charge >= 0.3 is 0 Å². The molecule has 2 aromatic carbocycles. The number of amides is 2. The summed E-state index contributed by atoms with van der Waals surface area (Å²) >= 11 is 8.58. The van der Waals surface area contributed by atoms with Crippen molar-refractivity contribution >= 4 is 45.1 Å². The van der Waals surface area contributed by atoms with Gasteiger partial charge in [-0.25, -0.2) is 0 Å². The minimum atomic E-state index is -0.392. The Morgan fingerprint density at radius 1 is 0.964 bits per heavy atom. The van der Waals surface area contributed by atoms with Crippen LogP contribution in [0.2, 0.25) is 0 Å². The van der Waals surface area contributed by atoms with Crippen LogP contribution in [0, 0.1) is 0 Å². The summed E-state index contributed by atoms with van der Waals surface area (Å²) in [5.74, 6) is -0.121. The van der Waals surface area contributed by atoms with Crippen molar-refractivity contribution < 1.29 is 14.3 Å². The molecule has 0 unspecified atom stereocenters. The van der Waals surface area contributed by atoms with Gasteiger partial charge < -0.3 is 4.74 Å². The standard InChI is InChI=1S/C20H22BrN3O3S/c1-20(2,3)15-10-7-13(11-16(15)21)17(25)22-19(28)24-23-18(26)12-5-8-14(27-4)9-6-12/h5-11H,1-4H3,(H,23,26)(H2,22,24,25,28). The number of carbonyl (C=O) groups excluding carboxylic acids is 2. The van der Waals surface area contributed by atoms with Gasteiger partial charge in [-0.2, -0.15) is 0 Å². The highest BCUT2D eigenvalue weighted by molar-refractivity contribution is 9.10. The summed E-state index contributed by atoms with van der Waals surface area (Å²) in [6.07, 6.45) is 0. The van der Waals surface area contributed by atoms with Gasteiger partial charge in [0.2, 0.25) is 0 Å². The molecule has 0 aliphatic rings. The molecule has 0 aliphatic carbocycles. The van der Waals surface area contributed by atoms with Crippen LogP contribution in [0.4, 0.5) is 0 Å². The van der Waals surface area contributed by atoms with E-state index in [-0.39, 0.29) is 16.4 Å². The van der Waals surface area contributed by atoms with Crippen LogP contribution in [0.3, 0.4) is 0 Å². The Bertz CT molecular complexity index is 893. The highest BCUT2D eigenvalue weighted by atomic mass is 79.9.